The van der Waals surface area contributed by atoms with Crippen LogP contribution in [0, 0.1) is 5.82 Å². The van der Waals surface area contributed by atoms with E-state index in [1.807, 2.05) is 24.1 Å². The minimum absolute atomic E-state index is 0.0253. The molecule has 110 valence electrons. The van der Waals surface area contributed by atoms with Gasteiger partial charge in [0.2, 0.25) is 0 Å². The number of rotatable bonds is 7. The molecule has 0 saturated carbocycles. The lowest BCUT2D eigenvalue weighted by Gasteiger charge is -2.15. The van der Waals surface area contributed by atoms with Crippen LogP contribution in [0.4, 0.5) is 4.39 Å². The Balaban J connectivity index is 1.78. The second-order valence-corrected chi connectivity index (χ2v) is 5.15. The SMILES string of the molecule is CN(CCc1ccncc1)CC(=O)Cc1ccccc1F. The van der Waals surface area contributed by atoms with Crippen LogP contribution in [0.15, 0.2) is 48.8 Å². The van der Waals surface area contributed by atoms with Crippen molar-refractivity contribution in [3.8, 4) is 0 Å². The number of Topliss-reactive ketones (excluding diaryl/α,β-unsaturated/α-hetero) is 1. The van der Waals surface area contributed by atoms with Gasteiger partial charge in [-0.2, -0.15) is 0 Å². The van der Waals surface area contributed by atoms with Crippen LogP contribution in [0.2, 0.25) is 0 Å². The molecule has 21 heavy (non-hydrogen) atoms. The van der Waals surface area contributed by atoms with Crippen LogP contribution in [0.3, 0.4) is 0 Å². The Morgan fingerprint density at radius 1 is 1.19 bits per heavy atom. The minimum atomic E-state index is -0.315. The van der Waals surface area contributed by atoms with Gasteiger partial charge >= 0.3 is 0 Å². The number of nitrogens with zero attached hydrogens (tertiary/aromatic N) is 2. The topological polar surface area (TPSA) is 33.2 Å². The van der Waals surface area contributed by atoms with Crippen molar-refractivity contribution in [2.24, 2.45) is 0 Å². The first-order valence-corrected chi connectivity index (χ1v) is 6.97. The highest BCUT2D eigenvalue weighted by Gasteiger charge is 2.10. The Morgan fingerprint density at radius 3 is 2.62 bits per heavy atom. The lowest BCUT2D eigenvalue weighted by Crippen LogP contribution is -2.29. The van der Waals surface area contributed by atoms with Gasteiger partial charge in [-0.05, 0) is 42.8 Å². The first-order chi connectivity index (χ1) is 10.1. The summed E-state index contributed by atoms with van der Waals surface area (Å²) < 4.78 is 13.5. The van der Waals surface area contributed by atoms with E-state index in [2.05, 4.69) is 4.98 Å². The summed E-state index contributed by atoms with van der Waals surface area (Å²) >= 11 is 0. The van der Waals surface area contributed by atoms with Gasteiger partial charge < -0.3 is 0 Å². The molecule has 1 heterocycles. The van der Waals surface area contributed by atoms with E-state index in [0.29, 0.717) is 12.1 Å². The maximum Gasteiger partial charge on any atom is 0.151 e. The molecule has 3 nitrogen and oxygen atoms in total. The molecule has 2 aromatic rings. The molecule has 0 bridgehead atoms. The zero-order chi connectivity index (χ0) is 15.1. The Hall–Kier alpha value is -2.07. The summed E-state index contributed by atoms with van der Waals surface area (Å²) in [4.78, 5) is 17.9. The molecule has 0 atom stereocenters. The van der Waals surface area contributed by atoms with Crippen LogP contribution in [0.5, 0.6) is 0 Å². The van der Waals surface area contributed by atoms with Gasteiger partial charge in [0, 0.05) is 25.4 Å². The van der Waals surface area contributed by atoms with Gasteiger partial charge in [0.1, 0.15) is 5.82 Å². The van der Waals surface area contributed by atoms with Gasteiger partial charge in [-0.15, -0.1) is 0 Å². The quantitative estimate of drug-likeness (QED) is 0.784. The average molecular weight is 286 g/mol. The van der Waals surface area contributed by atoms with Crippen molar-refractivity contribution in [3.63, 3.8) is 0 Å². The molecule has 0 amide bonds. The van der Waals surface area contributed by atoms with E-state index in [1.165, 1.54) is 11.6 Å². The molecular weight excluding hydrogens is 267 g/mol. The van der Waals surface area contributed by atoms with Crippen LogP contribution >= 0.6 is 0 Å². The number of hydrogen-bond donors (Lipinski definition) is 0. The van der Waals surface area contributed by atoms with Crippen molar-refractivity contribution >= 4 is 5.78 Å². The molecule has 0 aliphatic heterocycles. The van der Waals surface area contributed by atoms with Crippen LogP contribution < -0.4 is 0 Å². The number of likely N-dealkylation sites (N-methyl/N-ethyl adjacent to an activating group) is 1. The summed E-state index contributed by atoms with van der Waals surface area (Å²) in [5.74, 6) is -0.289. The van der Waals surface area contributed by atoms with E-state index in [0.717, 1.165) is 13.0 Å². The first-order valence-electron chi connectivity index (χ1n) is 6.97. The molecule has 0 unspecified atom stereocenters. The number of benzene rings is 1. The Labute approximate surface area is 124 Å². The van der Waals surface area contributed by atoms with Crippen LogP contribution in [0.25, 0.3) is 0 Å². The summed E-state index contributed by atoms with van der Waals surface area (Å²) in [6, 6.07) is 10.4. The molecule has 0 spiro atoms. The maximum absolute atomic E-state index is 13.5. The second kappa shape index (κ2) is 7.64. The van der Waals surface area contributed by atoms with Gasteiger partial charge in [0.05, 0.1) is 6.54 Å². The number of ketones is 1. The summed E-state index contributed by atoms with van der Waals surface area (Å²) in [6.45, 7) is 1.12. The molecule has 0 radical (unpaired) electrons. The average Bonchev–Trinajstić information content (AvgIpc) is 2.48. The zero-order valence-corrected chi connectivity index (χ0v) is 12.1. The Morgan fingerprint density at radius 2 is 1.90 bits per heavy atom. The molecule has 0 fully saturated rings. The summed E-state index contributed by atoms with van der Waals surface area (Å²) in [7, 11) is 1.90. The normalized spacial score (nSPS) is 10.8. The number of carbonyl (C=O) groups is 1. The highest BCUT2D eigenvalue weighted by atomic mass is 19.1. The fourth-order valence-electron chi connectivity index (χ4n) is 2.16. The minimum Gasteiger partial charge on any atom is -0.299 e. The Bertz CT molecular complexity index is 586. The van der Waals surface area contributed by atoms with Crippen molar-refractivity contribution in [3.05, 3.63) is 65.7 Å². The van der Waals surface area contributed by atoms with Gasteiger partial charge in [-0.1, -0.05) is 18.2 Å². The second-order valence-electron chi connectivity index (χ2n) is 5.15. The van der Waals surface area contributed by atoms with Gasteiger partial charge in [0.15, 0.2) is 5.78 Å². The number of halogens is 1. The van der Waals surface area contributed by atoms with Crippen molar-refractivity contribution < 1.29 is 9.18 Å². The summed E-state index contributed by atoms with van der Waals surface area (Å²) in [5, 5.41) is 0. The highest BCUT2D eigenvalue weighted by molar-refractivity contribution is 5.82. The van der Waals surface area contributed by atoms with Crippen molar-refractivity contribution in [2.75, 3.05) is 20.1 Å². The molecule has 1 aromatic heterocycles. The lowest BCUT2D eigenvalue weighted by molar-refractivity contribution is -0.119. The van der Waals surface area contributed by atoms with E-state index in [-0.39, 0.29) is 18.0 Å². The number of hydrogen-bond acceptors (Lipinski definition) is 3. The van der Waals surface area contributed by atoms with E-state index in [9.17, 15) is 9.18 Å². The Kier molecular flexibility index (Phi) is 5.58. The molecule has 0 aliphatic rings. The summed E-state index contributed by atoms with van der Waals surface area (Å²) in [5.41, 5.74) is 1.66. The molecule has 1 aromatic carbocycles. The molecular formula is C17H19FN2O. The fraction of sp³-hybridized carbons (Fsp3) is 0.294. The third kappa shape index (κ3) is 5.08. The van der Waals surface area contributed by atoms with Crippen molar-refractivity contribution in [1.82, 2.24) is 9.88 Å². The molecule has 4 heteroatoms. The third-order valence-electron chi connectivity index (χ3n) is 3.32. The van der Waals surface area contributed by atoms with Gasteiger partial charge in [-0.3, -0.25) is 14.7 Å². The van der Waals surface area contributed by atoms with E-state index < -0.39 is 0 Å². The summed E-state index contributed by atoms with van der Waals surface area (Å²) in [6.07, 6.45) is 4.54. The van der Waals surface area contributed by atoms with Crippen LogP contribution in [0.1, 0.15) is 11.1 Å². The highest BCUT2D eigenvalue weighted by Crippen LogP contribution is 2.08. The van der Waals surface area contributed by atoms with Gasteiger partial charge in [0.25, 0.3) is 0 Å². The first kappa shape index (κ1) is 15.3. The molecule has 0 saturated heterocycles. The predicted octanol–water partition coefficient (Wildman–Crippen LogP) is 2.51. The number of carbonyl (C=O) groups excluding carboxylic acids is 1. The zero-order valence-electron chi connectivity index (χ0n) is 12.1. The largest absolute Gasteiger partial charge is 0.299 e. The molecule has 2 rings (SSSR count). The van der Waals surface area contributed by atoms with Gasteiger partial charge in [-0.25, -0.2) is 4.39 Å². The molecule has 0 N–H and O–H groups in total. The van der Waals surface area contributed by atoms with Crippen LogP contribution in [-0.2, 0) is 17.6 Å². The van der Waals surface area contributed by atoms with Crippen LogP contribution in [-0.4, -0.2) is 35.8 Å². The van der Waals surface area contributed by atoms with Crippen molar-refractivity contribution in [1.29, 1.82) is 0 Å². The molecule has 0 aliphatic carbocycles. The smallest absolute Gasteiger partial charge is 0.151 e. The standard InChI is InChI=1S/C17H19FN2O/c1-20(11-8-14-6-9-19-10-7-14)13-16(21)12-15-4-2-3-5-17(15)18/h2-7,9-10H,8,11-13H2,1H3. The lowest BCUT2D eigenvalue weighted by atomic mass is 10.1. The monoisotopic (exact) mass is 286 g/mol. The fourth-order valence-corrected chi connectivity index (χ4v) is 2.16. The number of aromatic nitrogens is 1. The third-order valence-corrected chi connectivity index (χ3v) is 3.32. The predicted molar refractivity (Wildman–Crippen MR) is 80.5 cm³/mol. The van der Waals surface area contributed by atoms with E-state index >= 15 is 0 Å². The van der Waals surface area contributed by atoms with Crippen molar-refractivity contribution in [2.45, 2.75) is 12.8 Å². The maximum atomic E-state index is 13.5. The van der Waals surface area contributed by atoms with E-state index in [1.54, 1.807) is 30.6 Å². The van der Waals surface area contributed by atoms with E-state index in [4.69, 9.17) is 0 Å². The number of pyridine rings is 1.